The number of anilines is 1. The number of carboxylic acids is 2. The molecule has 2 amide bonds. The van der Waals surface area contributed by atoms with Gasteiger partial charge in [-0.3, -0.25) is 19.3 Å². The molecule has 3 N–H and O–H groups in total. The maximum atomic E-state index is 11.9. The molecular weight excluding hydrogens is 300 g/mol. The van der Waals surface area contributed by atoms with E-state index in [0.717, 1.165) is 0 Å². The smallest absolute Gasteiger partial charge is 0.337 e. The van der Waals surface area contributed by atoms with Crippen molar-refractivity contribution in [2.75, 3.05) is 11.9 Å². The highest BCUT2D eigenvalue weighted by molar-refractivity contribution is 8.15. The molecule has 0 spiro atoms. The highest BCUT2D eigenvalue weighted by atomic mass is 32.2. The lowest BCUT2D eigenvalue weighted by molar-refractivity contribution is -0.141. The number of thioether (sulfide) groups is 1. The first kappa shape index (κ1) is 14.9. The average molecular weight is 310 g/mol. The number of carbonyl (C=O) groups is 4. The molecule has 0 radical (unpaired) electrons. The topological polar surface area (TPSA) is 124 Å². The minimum absolute atomic E-state index is 0.0463. The SMILES string of the molecule is O=C(O)CN1C(=O)S[C@H](Nc2ccccc2C(=O)O)C1=O. The third kappa shape index (κ3) is 3.14. The number of nitrogens with zero attached hydrogens (tertiary/aromatic N) is 1. The van der Waals surface area contributed by atoms with Crippen LogP contribution in [0.25, 0.3) is 0 Å². The van der Waals surface area contributed by atoms with Crippen LogP contribution in [-0.2, 0) is 9.59 Å². The van der Waals surface area contributed by atoms with Gasteiger partial charge in [0.25, 0.3) is 11.1 Å². The summed E-state index contributed by atoms with van der Waals surface area (Å²) in [5, 5.41) is 18.6. The van der Waals surface area contributed by atoms with Gasteiger partial charge in [-0.2, -0.15) is 0 Å². The summed E-state index contributed by atoms with van der Waals surface area (Å²) in [6.45, 7) is -0.719. The minimum atomic E-state index is -1.30. The van der Waals surface area contributed by atoms with Crippen molar-refractivity contribution in [3.63, 3.8) is 0 Å². The van der Waals surface area contributed by atoms with Crippen molar-refractivity contribution in [1.82, 2.24) is 4.90 Å². The zero-order valence-corrected chi connectivity index (χ0v) is 11.3. The molecule has 0 aromatic heterocycles. The maximum absolute atomic E-state index is 11.9. The summed E-state index contributed by atoms with van der Waals surface area (Å²) in [7, 11) is 0. The van der Waals surface area contributed by atoms with Crippen LogP contribution in [0.1, 0.15) is 10.4 Å². The van der Waals surface area contributed by atoms with Gasteiger partial charge in [-0.15, -0.1) is 0 Å². The standard InChI is InChI=1S/C12H10N2O6S/c15-8(16)5-14-10(17)9(21-12(14)20)13-7-4-2-1-3-6(7)11(18)19/h1-4,9,13H,5H2,(H,15,16)(H,18,19)/t9-/m0/s1. The predicted octanol–water partition coefficient (Wildman–Crippen LogP) is 0.903. The molecule has 0 saturated carbocycles. The van der Waals surface area contributed by atoms with Gasteiger partial charge in [-0.05, 0) is 23.9 Å². The quantitative estimate of drug-likeness (QED) is 0.733. The number of rotatable bonds is 5. The molecule has 2 rings (SSSR count). The van der Waals surface area contributed by atoms with E-state index in [1.807, 2.05) is 0 Å². The normalized spacial score (nSPS) is 17.9. The van der Waals surface area contributed by atoms with Crippen LogP contribution in [0.5, 0.6) is 0 Å². The molecule has 1 saturated heterocycles. The molecule has 1 atom stereocenters. The van der Waals surface area contributed by atoms with E-state index in [4.69, 9.17) is 10.2 Å². The molecule has 1 aliphatic rings. The second-order valence-corrected chi connectivity index (χ2v) is 5.13. The predicted molar refractivity (Wildman–Crippen MR) is 73.1 cm³/mol. The number of para-hydroxylation sites is 1. The van der Waals surface area contributed by atoms with Gasteiger partial charge in [0.15, 0.2) is 5.37 Å². The summed E-state index contributed by atoms with van der Waals surface area (Å²) in [6.07, 6.45) is 0. The lowest BCUT2D eigenvalue weighted by Crippen LogP contribution is -2.37. The molecule has 9 heteroatoms. The highest BCUT2D eigenvalue weighted by Crippen LogP contribution is 2.29. The van der Waals surface area contributed by atoms with Crippen molar-refractivity contribution in [3.05, 3.63) is 29.8 Å². The van der Waals surface area contributed by atoms with Crippen LogP contribution in [0.2, 0.25) is 0 Å². The Kier molecular flexibility index (Phi) is 4.13. The minimum Gasteiger partial charge on any atom is -0.480 e. The first-order chi connectivity index (χ1) is 9.90. The van der Waals surface area contributed by atoms with Crippen molar-refractivity contribution in [1.29, 1.82) is 0 Å². The lowest BCUT2D eigenvalue weighted by atomic mass is 10.2. The number of hydrogen-bond donors (Lipinski definition) is 3. The van der Waals surface area contributed by atoms with E-state index in [0.29, 0.717) is 16.7 Å². The Labute approximate surface area is 122 Å². The van der Waals surface area contributed by atoms with Gasteiger partial charge in [0.2, 0.25) is 0 Å². The van der Waals surface area contributed by atoms with E-state index in [-0.39, 0.29) is 11.3 Å². The van der Waals surface area contributed by atoms with Crippen LogP contribution >= 0.6 is 11.8 Å². The number of amides is 2. The first-order valence-corrected chi connectivity index (χ1v) is 6.60. The number of aliphatic carboxylic acids is 1. The van der Waals surface area contributed by atoms with E-state index in [1.165, 1.54) is 18.2 Å². The van der Waals surface area contributed by atoms with Crippen molar-refractivity contribution in [3.8, 4) is 0 Å². The Morgan fingerprint density at radius 3 is 2.52 bits per heavy atom. The Bertz CT molecular complexity index is 632. The van der Waals surface area contributed by atoms with Crippen LogP contribution in [-0.4, -0.2) is 50.1 Å². The van der Waals surface area contributed by atoms with Crippen LogP contribution in [0, 0.1) is 0 Å². The highest BCUT2D eigenvalue weighted by Gasteiger charge is 2.41. The molecular formula is C12H10N2O6S. The molecule has 1 aromatic rings. The van der Waals surface area contributed by atoms with Gasteiger partial charge in [-0.1, -0.05) is 12.1 Å². The van der Waals surface area contributed by atoms with E-state index in [2.05, 4.69) is 5.32 Å². The zero-order chi connectivity index (χ0) is 15.6. The molecule has 1 aliphatic heterocycles. The van der Waals surface area contributed by atoms with Gasteiger partial charge in [0, 0.05) is 5.69 Å². The number of aromatic carboxylic acids is 1. The fourth-order valence-corrected chi connectivity index (χ4v) is 2.65. The Balaban J connectivity index is 2.18. The van der Waals surface area contributed by atoms with Crippen LogP contribution in [0.15, 0.2) is 24.3 Å². The third-order valence-electron chi connectivity index (χ3n) is 2.67. The lowest BCUT2D eigenvalue weighted by Gasteiger charge is -2.14. The summed E-state index contributed by atoms with van der Waals surface area (Å²) in [5.41, 5.74) is 0.135. The summed E-state index contributed by atoms with van der Waals surface area (Å²) in [5.74, 6) is -3.20. The fraction of sp³-hybridized carbons (Fsp3) is 0.167. The van der Waals surface area contributed by atoms with Crippen molar-refractivity contribution >= 4 is 40.5 Å². The largest absolute Gasteiger partial charge is 0.480 e. The van der Waals surface area contributed by atoms with Crippen LogP contribution in [0.3, 0.4) is 0 Å². The maximum Gasteiger partial charge on any atom is 0.337 e. The number of nitrogens with one attached hydrogen (secondary N) is 1. The van der Waals surface area contributed by atoms with Crippen LogP contribution in [0.4, 0.5) is 10.5 Å². The van der Waals surface area contributed by atoms with E-state index < -0.39 is 35.0 Å². The molecule has 1 fully saturated rings. The van der Waals surface area contributed by atoms with E-state index >= 15 is 0 Å². The van der Waals surface area contributed by atoms with Gasteiger partial charge in [0.1, 0.15) is 6.54 Å². The Morgan fingerprint density at radius 1 is 1.24 bits per heavy atom. The van der Waals surface area contributed by atoms with E-state index in [1.54, 1.807) is 6.07 Å². The molecule has 8 nitrogen and oxygen atoms in total. The van der Waals surface area contributed by atoms with Crippen molar-refractivity contribution < 1.29 is 29.4 Å². The average Bonchev–Trinajstić information content (AvgIpc) is 2.66. The van der Waals surface area contributed by atoms with Gasteiger partial charge in [-0.25, -0.2) is 4.79 Å². The van der Waals surface area contributed by atoms with E-state index in [9.17, 15) is 19.2 Å². The number of carbonyl (C=O) groups excluding carboxylic acids is 2. The van der Waals surface area contributed by atoms with Crippen molar-refractivity contribution in [2.24, 2.45) is 0 Å². The summed E-state index contributed by atoms with van der Waals surface area (Å²) >= 11 is 0.609. The molecule has 0 bridgehead atoms. The van der Waals surface area contributed by atoms with Gasteiger partial charge >= 0.3 is 11.9 Å². The fourth-order valence-electron chi connectivity index (χ4n) is 1.75. The molecule has 1 heterocycles. The number of imide groups is 1. The number of hydrogen-bond acceptors (Lipinski definition) is 6. The summed E-state index contributed by atoms with van der Waals surface area (Å²) < 4.78 is 0. The molecule has 110 valence electrons. The monoisotopic (exact) mass is 310 g/mol. The first-order valence-electron chi connectivity index (χ1n) is 5.73. The second-order valence-electron chi connectivity index (χ2n) is 4.08. The number of benzene rings is 1. The van der Waals surface area contributed by atoms with Gasteiger partial charge < -0.3 is 15.5 Å². The molecule has 21 heavy (non-hydrogen) atoms. The summed E-state index contributed by atoms with van der Waals surface area (Å²) in [6, 6.07) is 5.92. The second kappa shape index (κ2) is 5.83. The van der Waals surface area contributed by atoms with Crippen molar-refractivity contribution in [2.45, 2.75) is 5.37 Å². The number of carboxylic acid groups (broad SMARTS) is 2. The van der Waals surface area contributed by atoms with Gasteiger partial charge in [0.05, 0.1) is 5.56 Å². The molecule has 0 aliphatic carbocycles. The molecule has 1 aromatic carbocycles. The Morgan fingerprint density at radius 2 is 1.90 bits per heavy atom. The van der Waals surface area contributed by atoms with Crippen LogP contribution < -0.4 is 5.32 Å². The summed E-state index contributed by atoms with van der Waals surface area (Å²) in [4.78, 5) is 45.8. The Hall–Kier alpha value is -2.55. The third-order valence-corrected chi connectivity index (χ3v) is 3.64. The zero-order valence-electron chi connectivity index (χ0n) is 10.5. The molecule has 0 unspecified atom stereocenters.